The number of hydrogen-bond acceptors (Lipinski definition) is 5. The van der Waals surface area contributed by atoms with E-state index in [0.29, 0.717) is 12.4 Å². The van der Waals surface area contributed by atoms with Gasteiger partial charge in [0.25, 0.3) is 0 Å². The lowest BCUT2D eigenvalue weighted by molar-refractivity contribution is 0.586. The van der Waals surface area contributed by atoms with Gasteiger partial charge in [-0.1, -0.05) is 12.1 Å². The lowest BCUT2D eigenvalue weighted by atomic mass is 10.2. The van der Waals surface area contributed by atoms with Crippen molar-refractivity contribution in [2.45, 2.75) is 6.54 Å². The summed E-state index contributed by atoms with van der Waals surface area (Å²) in [5.41, 5.74) is 0.892. The molecule has 0 unspecified atom stereocenters. The smallest absolute Gasteiger partial charge is 0.249 e. The van der Waals surface area contributed by atoms with Crippen LogP contribution in [0.2, 0.25) is 0 Å². The number of halogens is 3. The molecule has 1 aromatic heterocycles. The zero-order valence-corrected chi connectivity index (χ0v) is 12.3. The molecule has 0 fully saturated rings. The normalized spacial score (nSPS) is 10.5. The largest absolute Gasteiger partial charge is 0.365 e. The number of nitrogens with zero attached hydrogens (tertiary/aromatic N) is 3. The van der Waals surface area contributed by atoms with E-state index in [1.54, 1.807) is 12.1 Å². The molecule has 0 bridgehead atoms. The van der Waals surface area contributed by atoms with Gasteiger partial charge < -0.3 is 10.6 Å². The minimum atomic E-state index is -0.761. The van der Waals surface area contributed by atoms with Crippen LogP contribution in [0, 0.1) is 17.5 Å². The van der Waals surface area contributed by atoms with Crippen LogP contribution in [-0.2, 0) is 6.54 Å². The van der Waals surface area contributed by atoms with Crippen LogP contribution < -0.4 is 10.6 Å². The standard InChI is InChI=1S/C16H12F3N5/c17-11-3-1-10(2-4-11)8-20-15-9-21-24-16(23-15)22-14-6-5-12(18)7-13(14)19/h1-7,9H,8H2,(H2,20,22,23,24). The Hall–Kier alpha value is -3.16. The molecule has 8 heteroatoms. The maximum atomic E-state index is 13.6. The summed E-state index contributed by atoms with van der Waals surface area (Å²) in [6, 6.07) is 9.13. The second kappa shape index (κ2) is 6.95. The Morgan fingerprint density at radius 2 is 1.67 bits per heavy atom. The van der Waals surface area contributed by atoms with Crippen LogP contribution in [0.4, 0.5) is 30.6 Å². The van der Waals surface area contributed by atoms with E-state index in [0.717, 1.165) is 17.7 Å². The molecule has 5 nitrogen and oxygen atoms in total. The minimum Gasteiger partial charge on any atom is -0.365 e. The molecule has 24 heavy (non-hydrogen) atoms. The van der Waals surface area contributed by atoms with Gasteiger partial charge in [0.2, 0.25) is 5.95 Å². The van der Waals surface area contributed by atoms with Gasteiger partial charge in [0, 0.05) is 12.6 Å². The molecule has 2 aromatic carbocycles. The third kappa shape index (κ3) is 3.97. The highest BCUT2D eigenvalue weighted by atomic mass is 19.1. The summed E-state index contributed by atoms with van der Waals surface area (Å²) in [6.45, 7) is 0.406. The zero-order valence-electron chi connectivity index (χ0n) is 12.3. The highest BCUT2D eigenvalue weighted by molar-refractivity contribution is 5.54. The van der Waals surface area contributed by atoms with E-state index in [2.05, 4.69) is 25.8 Å². The van der Waals surface area contributed by atoms with Gasteiger partial charge in [0.15, 0.2) is 5.82 Å². The molecule has 0 aliphatic heterocycles. The van der Waals surface area contributed by atoms with Gasteiger partial charge in [-0.3, -0.25) is 0 Å². The fourth-order valence-electron chi connectivity index (χ4n) is 1.95. The highest BCUT2D eigenvalue weighted by Crippen LogP contribution is 2.18. The van der Waals surface area contributed by atoms with Crippen molar-refractivity contribution in [3.63, 3.8) is 0 Å². The summed E-state index contributed by atoms with van der Waals surface area (Å²) in [6.07, 6.45) is 1.40. The summed E-state index contributed by atoms with van der Waals surface area (Å²) in [7, 11) is 0. The van der Waals surface area contributed by atoms with Gasteiger partial charge >= 0.3 is 0 Å². The molecular formula is C16H12F3N5. The van der Waals surface area contributed by atoms with Crippen molar-refractivity contribution in [2.75, 3.05) is 10.6 Å². The minimum absolute atomic E-state index is 0.0360. The van der Waals surface area contributed by atoms with E-state index in [-0.39, 0.29) is 17.5 Å². The Kier molecular flexibility index (Phi) is 4.55. The first kappa shape index (κ1) is 15.7. The van der Waals surface area contributed by atoms with Crippen LogP contribution in [0.3, 0.4) is 0 Å². The van der Waals surface area contributed by atoms with Crippen molar-refractivity contribution in [3.8, 4) is 0 Å². The second-order valence-electron chi connectivity index (χ2n) is 4.89. The quantitative estimate of drug-likeness (QED) is 0.747. The number of aromatic nitrogens is 3. The number of rotatable bonds is 5. The molecule has 3 aromatic rings. The molecule has 3 rings (SSSR count). The average molecular weight is 331 g/mol. The van der Waals surface area contributed by atoms with Gasteiger partial charge in [-0.05, 0) is 29.8 Å². The Morgan fingerprint density at radius 3 is 2.42 bits per heavy atom. The van der Waals surface area contributed by atoms with Crippen LogP contribution in [0.5, 0.6) is 0 Å². The summed E-state index contributed by atoms with van der Waals surface area (Å²) in [5, 5.41) is 13.1. The van der Waals surface area contributed by atoms with E-state index in [1.165, 1.54) is 24.4 Å². The Morgan fingerprint density at radius 1 is 0.917 bits per heavy atom. The van der Waals surface area contributed by atoms with Gasteiger partial charge in [-0.15, -0.1) is 5.10 Å². The molecule has 0 spiro atoms. The van der Waals surface area contributed by atoms with E-state index in [1.807, 2.05) is 0 Å². The van der Waals surface area contributed by atoms with E-state index in [4.69, 9.17) is 0 Å². The number of nitrogens with one attached hydrogen (secondary N) is 2. The third-order valence-corrected chi connectivity index (χ3v) is 3.12. The van der Waals surface area contributed by atoms with Crippen LogP contribution >= 0.6 is 0 Å². The zero-order chi connectivity index (χ0) is 16.9. The van der Waals surface area contributed by atoms with Crippen LogP contribution in [0.25, 0.3) is 0 Å². The summed E-state index contributed by atoms with van der Waals surface area (Å²) < 4.78 is 39.4. The van der Waals surface area contributed by atoms with Gasteiger partial charge in [-0.25, -0.2) is 13.2 Å². The monoisotopic (exact) mass is 331 g/mol. The molecular weight excluding hydrogens is 319 g/mol. The average Bonchev–Trinajstić information content (AvgIpc) is 2.57. The Labute approximate surface area is 135 Å². The van der Waals surface area contributed by atoms with Crippen LogP contribution in [-0.4, -0.2) is 15.2 Å². The van der Waals surface area contributed by atoms with Crippen molar-refractivity contribution in [1.29, 1.82) is 0 Å². The van der Waals surface area contributed by atoms with Crippen LogP contribution in [0.1, 0.15) is 5.56 Å². The molecule has 0 aliphatic rings. The van der Waals surface area contributed by atoms with E-state index < -0.39 is 11.6 Å². The van der Waals surface area contributed by atoms with Crippen molar-refractivity contribution >= 4 is 17.5 Å². The van der Waals surface area contributed by atoms with Gasteiger partial charge in [0.05, 0.1) is 11.9 Å². The van der Waals surface area contributed by atoms with Gasteiger partial charge in [-0.2, -0.15) is 10.1 Å². The molecule has 1 heterocycles. The SMILES string of the molecule is Fc1ccc(CNc2cnnc(Nc3ccc(F)cc3F)n2)cc1. The Balaban J connectivity index is 1.68. The molecule has 2 N–H and O–H groups in total. The van der Waals surface area contributed by atoms with Crippen molar-refractivity contribution in [3.05, 3.63) is 71.7 Å². The number of anilines is 3. The van der Waals surface area contributed by atoms with Crippen molar-refractivity contribution in [1.82, 2.24) is 15.2 Å². The molecule has 0 radical (unpaired) electrons. The van der Waals surface area contributed by atoms with Crippen LogP contribution in [0.15, 0.2) is 48.7 Å². The Bertz CT molecular complexity index is 839. The predicted molar refractivity (Wildman–Crippen MR) is 83.2 cm³/mol. The lowest BCUT2D eigenvalue weighted by Crippen LogP contribution is -2.06. The maximum Gasteiger partial charge on any atom is 0.249 e. The fourth-order valence-corrected chi connectivity index (χ4v) is 1.95. The molecule has 0 saturated heterocycles. The highest BCUT2D eigenvalue weighted by Gasteiger charge is 2.07. The molecule has 0 atom stereocenters. The van der Waals surface area contributed by atoms with Crippen molar-refractivity contribution < 1.29 is 13.2 Å². The maximum absolute atomic E-state index is 13.6. The second-order valence-corrected chi connectivity index (χ2v) is 4.89. The first-order valence-electron chi connectivity index (χ1n) is 7.00. The van der Waals surface area contributed by atoms with E-state index >= 15 is 0 Å². The fraction of sp³-hybridized carbons (Fsp3) is 0.0625. The summed E-state index contributed by atoms with van der Waals surface area (Å²) in [4.78, 5) is 4.13. The molecule has 0 amide bonds. The summed E-state index contributed by atoms with van der Waals surface area (Å²) in [5.74, 6) is -1.28. The molecule has 122 valence electrons. The van der Waals surface area contributed by atoms with Gasteiger partial charge in [0.1, 0.15) is 17.5 Å². The predicted octanol–water partition coefficient (Wildman–Crippen LogP) is 3.64. The van der Waals surface area contributed by atoms with Crippen molar-refractivity contribution in [2.24, 2.45) is 0 Å². The van der Waals surface area contributed by atoms with E-state index in [9.17, 15) is 13.2 Å². The first-order chi connectivity index (χ1) is 11.6. The third-order valence-electron chi connectivity index (χ3n) is 3.12. The topological polar surface area (TPSA) is 62.7 Å². The lowest BCUT2D eigenvalue weighted by Gasteiger charge is -2.08. The molecule has 0 saturated carbocycles. The number of hydrogen-bond donors (Lipinski definition) is 2. The number of benzene rings is 2. The molecule has 0 aliphatic carbocycles. The summed E-state index contributed by atoms with van der Waals surface area (Å²) >= 11 is 0. The first-order valence-corrected chi connectivity index (χ1v) is 7.00.